The summed E-state index contributed by atoms with van der Waals surface area (Å²) in [5.74, 6) is 0.185. The number of hydrogen-bond acceptors (Lipinski definition) is 4. The molecule has 2 aliphatic rings. The number of nitrogens with zero attached hydrogens (tertiary/aromatic N) is 2. The molecule has 4 nitrogen and oxygen atoms in total. The van der Waals surface area contributed by atoms with Crippen molar-refractivity contribution in [3.63, 3.8) is 0 Å². The Labute approximate surface area is 184 Å². The average molecular weight is 446 g/mol. The van der Waals surface area contributed by atoms with E-state index >= 15 is 0 Å². The molecule has 29 heavy (non-hydrogen) atoms. The minimum Gasteiger partial charge on any atom is -0.325 e. The fourth-order valence-corrected chi connectivity index (χ4v) is 4.75. The van der Waals surface area contributed by atoms with E-state index in [0.29, 0.717) is 10.0 Å². The fourth-order valence-electron chi connectivity index (χ4n) is 3.63. The van der Waals surface area contributed by atoms with Crippen LogP contribution < -0.4 is 5.32 Å². The van der Waals surface area contributed by atoms with E-state index in [1.807, 2.05) is 24.3 Å². The zero-order valence-corrected chi connectivity index (χ0v) is 18.2. The van der Waals surface area contributed by atoms with Crippen molar-refractivity contribution >= 4 is 57.3 Å². The number of hydrogen-bond donors (Lipinski definition) is 1. The highest BCUT2D eigenvalue weighted by atomic mass is 35.5. The van der Waals surface area contributed by atoms with Crippen molar-refractivity contribution in [3.8, 4) is 0 Å². The Morgan fingerprint density at radius 2 is 1.55 bits per heavy atom. The minimum absolute atomic E-state index is 0.0833. The van der Waals surface area contributed by atoms with Crippen LogP contribution in [0.3, 0.4) is 0 Å². The molecule has 2 aromatic carbocycles. The molecule has 0 aromatic heterocycles. The summed E-state index contributed by atoms with van der Waals surface area (Å²) in [6, 6.07) is 14.7. The lowest BCUT2D eigenvalue weighted by atomic mass is 9.90. The smallest absolute Gasteiger partial charge is 0.234 e. The van der Waals surface area contributed by atoms with Crippen LogP contribution in [0, 0.1) is 0 Å². The zero-order valence-electron chi connectivity index (χ0n) is 15.8. The number of anilines is 1. The maximum Gasteiger partial charge on any atom is 0.234 e. The summed E-state index contributed by atoms with van der Waals surface area (Å²) in [4.78, 5) is 22.5. The highest BCUT2D eigenvalue weighted by Gasteiger charge is 2.37. The normalized spacial score (nSPS) is 17.7. The summed E-state index contributed by atoms with van der Waals surface area (Å²) in [5, 5.41) is 5.06. The number of benzene rings is 2. The molecule has 4 rings (SSSR count). The molecule has 1 N–H and O–H groups in total. The van der Waals surface area contributed by atoms with Crippen molar-refractivity contribution in [2.45, 2.75) is 37.8 Å². The number of aliphatic imine (C=N–C) groups is 2. The van der Waals surface area contributed by atoms with E-state index < -0.39 is 0 Å². The van der Waals surface area contributed by atoms with Gasteiger partial charge in [-0.1, -0.05) is 53.5 Å². The number of amides is 1. The van der Waals surface area contributed by atoms with Gasteiger partial charge in [-0.2, -0.15) is 0 Å². The second kappa shape index (κ2) is 8.90. The highest BCUT2D eigenvalue weighted by Crippen LogP contribution is 2.38. The summed E-state index contributed by atoms with van der Waals surface area (Å²) < 4.78 is 0. The first-order valence-corrected chi connectivity index (χ1v) is 11.4. The highest BCUT2D eigenvalue weighted by molar-refractivity contribution is 8.16. The van der Waals surface area contributed by atoms with Gasteiger partial charge in [-0.3, -0.25) is 9.79 Å². The molecular weight excluding hydrogens is 425 g/mol. The Bertz CT molecular complexity index is 949. The van der Waals surface area contributed by atoms with Gasteiger partial charge < -0.3 is 5.32 Å². The van der Waals surface area contributed by atoms with Crippen molar-refractivity contribution in [2.24, 2.45) is 9.98 Å². The molecule has 2 aromatic rings. The van der Waals surface area contributed by atoms with E-state index in [1.165, 1.54) is 18.2 Å². The van der Waals surface area contributed by atoms with Crippen LogP contribution in [0.2, 0.25) is 10.0 Å². The van der Waals surface area contributed by atoms with Gasteiger partial charge in [-0.25, -0.2) is 4.99 Å². The van der Waals surface area contributed by atoms with Crippen LogP contribution in [0.25, 0.3) is 0 Å². The van der Waals surface area contributed by atoms with Gasteiger partial charge in [0.25, 0.3) is 0 Å². The monoisotopic (exact) mass is 445 g/mol. The van der Waals surface area contributed by atoms with Gasteiger partial charge in [-0.15, -0.1) is 0 Å². The van der Waals surface area contributed by atoms with Crippen LogP contribution in [0.1, 0.15) is 37.7 Å². The molecule has 1 spiro atoms. The third-order valence-corrected chi connectivity index (χ3v) is 6.54. The SMILES string of the molecule is O=C(CSC1=NC2(CCCCC2)N=C1c1ccc(Cl)cc1)Nc1ccc(Cl)cc1. The van der Waals surface area contributed by atoms with E-state index in [1.54, 1.807) is 24.3 Å². The Balaban J connectivity index is 1.49. The molecule has 1 aliphatic carbocycles. The van der Waals surface area contributed by atoms with Crippen molar-refractivity contribution in [1.82, 2.24) is 0 Å². The van der Waals surface area contributed by atoms with Gasteiger partial charge in [0.15, 0.2) is 5.66 Å². The van der Waals surface area contributed by atoms with E-state index in [-0.39, 0.29) is 17.3 Å². The van der Waals surface area contributed by atoms with Crippen molar-refractivity contribution in [2.75, 3.05) is 11.1 Å². The standard InChI is InChI=1S/C22H21Cl2N3OS/c23-16-6-4-15(5-7-16)20-21(27-22(26-20)12-2-1-3-13-22)29-14-19(28)25-18-10-8-17(24)9-11-18/h4-11H,1-3,12-14H2,(H,25,28). The number of halogens is 2. The van der Waals surface area contributed by atoms with Crippen LogP contribution in [0.4, 0.5) is 5.69 Å². The quantitative estimate of drug-likeness (QED) is 0.606. The molecule has 1 amide bonds. The number of nitrogens with one attached hydrogen (secondary N) is 1. The number of thioether (sulfide) groups is 1. The number of carbonyl (C=O) groups excluding carboxylic acids is 1. The Kier molecular flexibility index (Phi) is 6.28. The van der Waals surface area contributed by atoms with Gasteiger partial charge >= 0.3 is 0 Å². The lowest BCUT2D eigenvalue weighted by Gasteiger charge is -2.27. The molecule has 0 bridgehead atoms. The molecule has 0 atom stereocenters. The maximum absolute atomic E-state index is 12.4. The summed E-state index contributed by atoms with van der Waals surface area (Å²) in [7, 11) is 0. The zero-order chi connectivity index (χ0) is 20.3. The second-order valence-electron chi connectivity index (χ2n) is 7.27. The van der Waals surface area contributed by atoms with Crippen LogP contribution in [0.15, 0.2) is 58.5 Å². The predicted molar refractivity (Wildman–Crippen MR) is 124 cm³/mol. The Morgan fingerprint density at radius 1 is 0.931 bits per heavy atom. The van der Waals surface area contributed by atoms with Crippen LogP contribution in [-0.2, 0) is 4.79 Å². The average Bonchev–Trinajstić information content (AvgIpc) is 3.07. The van der Waals surface area contributed by atoms with E-state index in [0.717, 1.165) is 47.7 Å². The lowest BCUT2D eigenvalue weighted by Crippen LogP contribution is -2.25. The maximum atomic E-state index is 12.4. The third kappa shape index (κ3) is 5.03. The largest absolute Gasteiger partial charge is 0.325 e. The van der Waals surface area contributed by atoms with Crippen LogP contribution >= 0.6 is 35.0 Å². The van der Waals surface area contributed by atoms with Gasteiger partial charge in [0.2, 0.25) is 5.91 Å². The molecule has 0 unspecified atom stereocenters. The molecule has 1 heterocycles. The molecule has 0 saturated heterocycles. The molecule has 7 heteroatoms. The third-order valence-electron chi connectivity index (χ3n) is 5.07. The van der Waals surface area contributed by atoms with E-state index in [9.17, 15) is 4.79 Å². The Morgan fingerprint density at radius 3 is 2.21 bits per heavy atom. The molecular formula is C22H21Cl2N3OS. The molecule has 1 fully saturated rings. The topological polar surface area (TPSA) is 53.8 Å². The lowest BCUT2D eigenvalue weighted by molar-refractivity contribution is -0.113. The van der Waals surface area contributed by atoms with Gasteiger partial charge in [0, 0.05) is 21.3 Å². The first-order chi connectivity index (χ1) is 14.0. The van der Waals surface area contributed by atoms with E-state index in [4.69, 9.17) is 33.2 Å². The molecule has 1 saturated carbocycles. The number of rotatable bonds is 4. The van der Waals surface area contributed by atoms with Crippen molar-refractivity contribution < 1.29 is 4.79 Å². The molecule has 150 valence electrons. The van der Waals surface area contributed by atoms with Crippen molar-refractivity contribution in [3.05, 3.63) is 64.1 Å². The van der Waals surface area contributed by atoms with E-state index in [2.05, 4.69) is 5.32 Å². The van der Waals surface area contributed by atoms with Crippen molar-refractivity contribution in [1.29, 1.82) is 0 Å². The minimum atomic E-state index is -0.359. The first kappa shape index (κ1) is 20.5. The first-order valence-electron chi connectivity index (χ1n) is 9.67. The summed E-state index contributed by atoms with van der Waals surface area (Å²) in [6.45, 7) is 0. The van der Waals surface area contributed by atoms with Crippen LogP contribution in [-0.4, -0.2) is 28.1 Å². The summed E-state index contributed by atoms with van der Waals surface area (Å²) in [6.07, 6.45) is 5.43. The van der Waals surface area contributed by atoms with Gasteiger partial charge in [0.05, 0.1) is 11.5 Å². The van der Waals surface area contributed by atoms with Crippen LogP contribution in [0.5, 0.6) is 0 Å². The molecule has 1 aliphatic heterocycles. The molecule has 0 radical (unpaired) electrons. The predicted octanol–water partition coefficient (Wildman–Crippen LogP) is 6.23. The summed E-state index contributed by atoms with van der Waals surface area (Å²) in [5.41, 5.74) is 2.22. The van der Waals surface area contributed by atoms with Gasteiger partial charge in [-0.05, 0) is 62.1 Å². The number of carbonyl (C=O) groups is 1. The summed E-state index contributed by atoms with van der Waals surface area (Å²) >= 11 is 13.4. The fraction of sp³-hybridized carbons (Fsp3) is 0.318. The van der Waals surface area contributed by atoms with Gasteiger partial charge in [0.1, 0.15) is 5.04 Å². The second-order valence-corrected chi connectivity index (χ2v) is 9.11. The Hall–Kier alpha value is -1.82.